The second-order valence-corrected chi connectivity index (χ2v) is 8.83. The van der Waals surface area contributed by atoms with Crippen LogP contribution in [-0.2, 0) is 9.84 Å². The van der Waals surface area contributed by atoms with Crippen LogP contribution in [0.25, 0.3) is 5.82 Å². The molecular formula is C22H17F2N5O4S. The smallest absolute Gasteiger partial charge is 0.341 e. The predicted molar refractivity (Wildman–Crippen MR) is 118 cm³/mol. The van der Waals surface area contributed by atoms with Crippen molar-refractivity contribution in [3.8, 4) is 17.4 Å². The van der Waals surface area contributed by atoms with Gasteiger partial charge in [0.15, 0.2) is 0 Å². The third kappa shape index (κ3) is 4.76. The number of hydrogen-bond donors (Lipinski definition) is 1. The summed E-state index contributed by atoms with van der Waals surface area (Å²) in [5.41, 5.74) is -0.0783. The molecule has 9 nitrogen and oxygen atoms in total. The van der Waals surface area contributed by atoms with E-state index in [1.807, 2.05) is 6.92 Å². The third-order valence-corrected chi connectivity index (χ3v) is 6.15. The first-order valence-corrected chi connectivity index (χ1v) is 11.3. The molecule has 0 saturated carbocycles. The molecule has 0 aliphatic heterocycles. The maximum absolute atomic E-state index is 13.0. The summed E-state index contributed by atoms with van der Waals surface area (Å²) < 4.78 is 57.2. The Labute approximate surface area is 193 Å². The van der Waals surface area contributed by atoms with Gasteiger partial charge in [0.25, 0.3) is 5.91 Å². The van der Waals surface area contributed by atoms with Gasteiger partial charge in [0.2, 0.25) is 15.7 Å². The molecule has 0 aliphatic rings. The molecule has 0 fully saturated rings. The van der Waals surface area contributed by atoms with Crippen LogP contribution in [-0.4, -0.2) is 39.6 Å². The molecule has 12 heteroatoms. The normalized spacial score (nSPS) is 11.4. The first kappa shape index (κ1) is 23.0. The van der Waals surface area contributed by atoms with Gasteiger partial charge in [0.05, 0.1) is 10.5 Å². The lowest BCUT2D eigenvalue weighted by Crippen LogP contribution is -2.19. The van der Waals surface area contributed by atoms with Gasteiger partial charge >= 0.3 is 5.76 Å². The predicted octanol–water partition coefficient (Wildman–Crippen LogP) is 4.01. The Bertz CT molecular complexity index is 1440. The number of sulfone groups is 1. The fourth-order valence-electron chi connectivity index (χ4n) is 3.06. The van der Waals surface area contributed by atoms with Crippen LogP contribution in [0.15, 0.2) is 78.2 Å². The minimum absolute atomic E-state index is 0.279. The Balaban J connectivity index is 1.49. The lowest BCUT2D eigenvalue weighted by Gasteiger charge is -2.11. The number of carbonyl (C=O) groups is 1. The summed E-state index contributed by atoms with van der Waals surface area (Å²) in [6, 6.07) is 12.6. The molecule has 34 heavy (non-hydrogen) atoms. The lowest BCUT2D eigenvalue weighted by atomic mass is 10.2. The van der Waals surface area contributed by atoms with Crippen molar-refractivity contribution in [2.24, 2.45) is 0 Å². The van der Waals surface area contributed by atoms with E-state index in [2.05, 4.69) is 20.3 Å². The van der Waals surface area contributed by atoms with E-state index in [4.69, 9.17) is 4.74 Å². The van der Waals surface area contributed by atoms with E-state index >= 15 is 0 Å². The van der Waals surface area contributed by atoms with Gasteiger partial charge < -0.3 is 10.1 Å². The van der Waals surface area contributed by atoms with E-state index in [9.17, 15) is 22.0 Å². The van der Waals surface area contributed by atoms with Gasteiger partial charge in [-0.3, -0.25) is 9.36 Å². The summed E-state index contributed by atoms with van der Waals surface area (Å²) in [5, 5.41) is 2.49. The zero-order chi connectivity index (χ0) is 24.3. The number of nitrogens with one attached hydrogen (secondary N) is 1. The number of aryl methyl sites for hydroxylation is 1. The number of benzene rings is 2. The van der Waals surface area contributed by atoms with Crippen LogP contribution in [0, 0.1) is 6.92 Å². The maximum Gasteiger partial charge on any atom is 0.341 e. The van der Waals surface area contributed by atoms with E-state index in [1.165, 1.54) is 30.6 Å². The fourth-order valence-corrected chi connectivity index (χ4v) is 3.99. The number of halogens is 2. The van der Waals surface area contributed by atoms with Crippen LogP contribution in [0.1, 0.15) is 16.2 Å². The summed E-state index contributed by atoms with van der Waals surface area (Å²) in [7, 11) is -4.94. The molecule has 0 atom stereocenters. The van der Waals surface area contributed by atoms with E-state index < -0.39 is 26.4 Å². The highest BCUT2D eigenvalue weighted by atomic mass is 32.2. The Morgan fingerprint density at radius 1 is 1.06 bits per heavy atom. The van der Waals surface area contributed by atoms with E-state index in [1.54, 1.807) is 35.2 Å². The van der Waals surface area contributed by atoms with Gasteiger partial charge in [-0.15, -0.1) is 0 Å². The Hall–Kier alpha value is -4.19. The average molecular weight is 485 g/mol. The van der Waals surface area contributed by atoms with Gasteiger partial charge in [0, 0.05) is 24.1 Å². The van der Waals surface area contributed by atoms with Crippen LogP contribution in [0.3, 0.4) is 0 Å². The molecule has 0 unspecified atom stereocenters. The van der Waals surface area contributed by atoms with Crippen LogP contribution >= 0.6 is 0 Å². The number of rotatable bonds is 7. The SMILES string of the molecule is Cc1nccn1-c1cc(Oc2ccc(NC(=O)c3ccccc3S(=O)(=O)C(F)F)cc2)ncn1. The topological polar surface area (TPSA) is 116 Å². The van der Waals surface area contributed by atoms with Gasteiger partial charge in [-0.05, 0) is 43.3 Å². The molecule has 0 spiro atoms. The number of imidazole rings is 1. The van der Waals surface area contributed by atoms with E-state index in [0.717, 1.165) is 18.0 Å². The van der Waals surface area contributed by atoms with Crippen molar-refractivity contribution in [3.05, 3.63) is 84.7 Å². The number of aromatic nitrogens is 4. The molecule has 0 radical (unpaired) electrons. The monoisotopic (exact) mass is 485 g/mol. The number of alkyl halides is 2. The Kier molecular flexibility index (Phi) is 6.32. The first-order valence-electron chi connectivity index (χ1n) is 9.78. The van der Waals surface area contributed by atoms with Crippen molar-refractivity contribution in [3.63, 3.8) is 0 Å². The van der Waals surface area contributed by atoms with Crippen molar-refractivity contribution in [2.45, 2.75) is 17.6 Å². The zero-order valence-electron chi connectivity index (χ0n) is 17.6. The molecule has 0 aliphatic carbocycles. The third-order valence-electron chi connectivity index (χ3n) is 4.71. The molecule has 1 amide bonds. The number of hydrogen-bond acceptors (Lipinski definition) is 7. The Morgan fingerprint density at radius 2 is 1.79 bits per heavy atom. The molecule has 4 aromatic rings. The highest BCUT2D eigenvalue weighted by Gasteiger charge is 2.30. The van der Waals surface area contributed by atoms with Crippen molar-refractivity contribution < 1.29 is 26.7 Å². The van der Waals surface area contributed by atoms with Crippen LogP contribution in [0.4, 0.5) is 14.5 Å². The van der Waals surface area contributed by atoms with Crippen LogP contribution in [0.5, 0.6) is 11.6 Å². The summed E-state index contributed by atoms with van der Waals surface area (Å²) in [6.45, 7) is 1.83. The number of ether oxygens (including phenoxy) is 1. The summed E-state index contributed by atoms with van der Waals surface area (Å²) in [4.78, 5) is 24.3. The van der Waals surface area contributed by atoms with Crippen molar-refractivity contribution in [1.82, 2.24) is 19.5 Å². The van der Waals surface area contributed by atoms with Gasteiger partial charge in [-0.2, -0.15) is 8.78 Å². The molecular weight excluding hydrogens is 468 g/mol. The summed E-state index contributed by atoms with van der Waals surface area (Å²) in [5.74, 6) is -2.48. The molecule has 2 aromatic heterocycles. The standard InChI is InChI=1S/C22H17F2N5O4S/c1-14-25-10-11-29(14)19-12-20(27-13-26-19)33-16-8-6-15(7-9-16)28-21(30)17-4-2-3-5-18(17)34(31,32)22(23)24/h2-13,22H,1H3,(H,28,30). The quantitative estimate of drug-likeness (QED) is 0.420. The first-order chi connectivity index (χ1) is 16.3. The highest BCUT2D eigenvalue weighted by molar-refractivity contribution is 7.91. The maximum atomic E-state index is 13.0. The Morgan fingerprint density at radius 3 is 2.47 bits per heavy atom. The molecule has 0 saturated heterocycles. The molecule has 0 bridgehead atoms. The largest absolute Gasteiger partial charge is 0.439 e. The van der Waals surface area contributed by atoms with Gasteiger partial charge in [0.1, 0.15) is 23.7 Å². The molecule has 2 heterocycles. The average Bonchev–Trinajstić information content (AvgIpc) is 3.26. The second-order valence-electron chi connectivity index (χ2n) is 6.94. The summed E-state index contributed by atoms with van der Waals surface area (Å²) >= 11 is 0. The second kappa shape index (κ2) is 9.35. The van der Waals surface area contributed by atoms with Crippen LogP contribution in [0.2, 0.25) is 0 Å². The zero-order valence-corrected chi connectivity index (χ0v) is 18.4. The molecule has 174 valence electrons. The molecule has 2 aromatic carbocycles. The lowest BCUT2D eigenvalue weighted by molar-refractivity contribution is 0.102. The highest BCUT2D eigenvalue weighted by Crippen LogP contribution is 2.25. The number of anilines is 1. The number of nitrogens with zero attached hydrogens (tertiary/aromatic N) is 4. The fraction of sp³-hybridized carbons (Fsp3) is 0.0909. The number of carbonyl (C=O) groups excluding carboxylic acids is 1. The van der Waals surface area contributed by atoms with Crippen molar-refractivity contribution >= 4 is 21.4 Å². The van der Waals surface area contributed by atoms with E-state index in [0.29, 0.717) is 17.3 Å². The van der Waals surface area contributed by atoms with Crippen molar-refractivity contribution in [2.75, 3.05) is 5.32 Å². The molecule has 4 rings (SSSR count). The molecule has 1 N–H and O–H groups in total. The minimum Gasteiger partial charge on any atom is -0.439 e. The van der Waals surface area contributed by atoms with E-state index in [-0.39, 0.29) is 11.4 Å². The van der Waals surface area contributed by atoms with Crippen molar-refractivity contribution in [1.29, 1.82) is 0 Å². The minimum atomic E-state index is -4.94. The summed E-state index contributed by atoms with van der Waals surface area (Å²) in [6.07, 6.45) is 4.75. The van der Waals surface area contributed by atoms with Gasteiger partial charge in [-0.25, -0.2) is 23.4 Å². The number of amides is 1. The van der Waals surface area contributed by atoms with Gasteiger partial charge in [-0.1, -0.05) is 12.1 Å². The van der Waals surface area contributed by atoms with Crippen LogP contribution < -0.4 is 10.1 Å².